The molecule has 2 aromatic rings. The molecule has 2 aromatic heterocycles. The highest BCUT2D eigenvalue weighted by Gasteiger charge is 2.08. The minimum Gasteiger partial charge on any atom is -0.368 e. The molecule has 2 rings (SSSR count). The SMILES string of the molecule is CN(C)CCSc1nc(N)nc2nc[nH]c12. The van der Waals surface area contributed by atoms with Crippen molar-refractivity contribution in [1.29, 1.82) is 0 Å². The second-order valence-corrected chi connectivity index (χ2v) is 4.72. The molecule has 0 aromatic carbocycles. The summed E-state index contributed by atoms with van der Waals surface area (Å²) in [7, 11) is 4.08. The topological polar surface area (TPSA) is 83.7 Å². The fourth-order valence-corrected chi connectivity index (χ4v) is 2.35. The number of thioether (sulfide) groups is 1. The van der Waals surface area contributed by atoms with E-state index in [1.807, 2.05) is 14.1 Å². The zero-order valence-corrected chi connectivity index (χ0v) is 10.1. The molecular weight excluding hydrogens is 224 g/mol. The highest BCUT2D eigenvalue weighted by molar-refractivity contribution is 7.99. The number of imidazole rings is 1. The third kappa shape index (κ3) is 2.42. The van der Waals surface area contributed by atoms with E-state index in [0.717, 1.165) is 22.8 Å². The number of rotatable bonds is 4. The van der Waals surface area contributed by atoms with Gasteiger partial charge in [0.25, 0.3) is 0 Å². The Bertz CT molecular complexity index is 480. The maximum Gasteiger partial charge on any atom is 0.223 e. The summed E-state index contributed by atoms with van der Waals surface area (Å²) >= 11 is 1.65. The lowest BCUT2D eigenvalue weighted by Crippen LogP contribution is -2.14. The monoisotopic (exact) mass is 238 g/mol. The number of nitrogens with two attached hydrogens (primary N) is 1. The Morgan fingerprint density at radius 3 is 3.00 bits per heavy atom. The summed E-state index contributed by atoms with van der Waals surface area (Å²) in [5.41, 5.74) is 7.10. The molecule has 0 saturated carbocycles. The smallest absolute Gasteiger partial charge is 0.223 e. The van der Waals surface area contributed by atoms with Crippen LogP contribution in [0, 0.1) is 0 Å². The molecule has 0 aliphatic carbocycles. The maximum atomic E-state index is 5.62. The predicted octanol–water partition coefficient (Wildman–Crippen LogP) is 0.589. The molecular formula is C9H14N6S. The second kappa shape index (κ2) is 4.67. The largest absolute Gasteiger partial charge is 0.368 e. The van der Waals surface area contributed by atoms with E-state index in [4.69, 9.17) is 5.73 Å². The Morgan fingerprint density at radius 1 is 1.44 bits per heavy atom. The fourth-order valence-electron chi connectivity index (χ4n) is 1.25. The molecule has 0 aliphatic heterocycles. The minimum atomic E-state index is 0.270. The van der Waals surface area contributed by atoms with E-state index in [1.165, 1.54) is 0 Å². The Kier molecular flexibility index (Phi) is 3.25. The van der Waals surface area contributed by atoms with Gasteiger partial charge in [0, 0.05) is 12.3 Å². The number of hydrogen-bond acceptors (Lipinski definition) is 6. The first-order valence-corrected chi connectivity index (χ1v) is 5.89. The van der Waals surface area contributed by atoms with E-state index < -0.39 is 0 Å². The van der Waals surface area contributed by atoms with Crippen molar-refractivity contribution in [1.82, 2.24) is 24.8 Å². The molecule has 0 amide bonds. The van der Waals surface area contributed by atoms with Crippen LogP contribution in [0.1, 0.15) is 0 Å². The van der Waals surface area contributed by atoms with Crippen molar-refractivity contribution in [3.05, 3.63) is 6.33 Å². The first kappa shape index (κ1) is 11.2. The molecule has 0 spiro atoms. The van der Waals surface area contributed by atoms with Gasteiger partial charge >= 0.3 is 0 Å². The van der Waals surface area contributed by atoms with Gasteiger partial charge in [0.1, 0.15) is 10.5 Å². The zero-order valence-electron chi connectivity index (χ0n) is 9.27. The summed E-state index contributed by atoms with van der Waals surface area (Å²) in [6.45, 7) is 0.990. The number of aromatic amines is 1. The van der Waals surface area contributed by atoms with Crippen LogP contribution in [0.3, 0.4) is 0 Å². The molecule has 0 aliphatic rings. The molecule has 0 unspecified atom stereocenters. The van der Waals surface area contributed by atoms with Crippen molar-refractivity contribution < 1.29 is 0 Å². The van der Waals surface area contributed by atoms with Gasteiger partial charge in [-0.2, -0.15) is 4.98 Å². The molecule has 2 heterocycles. The first-order chi connectivity index (χ1) is 7.66. The lowest BCUT2D eigenvalue weighted by Gasteiger charge is -2.08. The van der Waals surface area contributed by atoms with E-state index in [9.17, 15) is 0 Å². The third-order valence-electron chi connectivity index (χ3n) is 2.05. The normalized spacial score (nSPS) is 11.4. The molecule has 6 nitrogen and oxygen atoms in total. The van der Waals surface area contributed by atoms with Gasteiger partial charge in [-0.15, -0.1) is 11.8 Å². The Balaban J connectivity index is 2.19. The van der Waals surface area contributed by atoms with Crippen molar-refractivity contribution in [3.8, 4) is 0 Å². The van der Waals surface area contributed by atoms with E-state index in [2.05, 4.69) is 24.8 Å². The quantitative estimate of drug-likeness (QED) is 0.599. The summed E-state index contributed by atoms with van der Waals surface area (Å²) in [4.78, 5) is 17.5. The molecule has 0 radical (unpaired) electrons. The summed E-state index contributed by atoms with van der Waals surface area (Å²) in [6, 6.07) is 0. The van der Waals surface area contributed by atoms with E-state index in [0.29, 0.717) is 5.65 Å². The van der Waals surface area contributed by atoms with Gasteiger partial charge in [-0.05, 0) is 14.1 Å². The lowest BCUT2D eigenvalue weighted by molar-refractivity contribution is 0.437. The van der Waals surface area contributed by atoms with Gasteiger partial charge in [0.2, 0.25) is 5.95 Å². The van der Waals surface area contributed by atoms with Crippen LogP contribution in [0.15, 0.2) is 11.4 Å². The molecule has 0 fully saturated rings. The maximum absolute atomic E-state index is 5.62. The van der Waals surface area contributed by atoms with Crippen LogP contribution in [0.25, 0.3) is 11.2 Å². The number of nitrogens with one attached hydrogen (secondary N) is 1. The summed E-state index contributed by atoms with van der Waals surface area (Å²) in [6.07, 6.45) is 1.61. The predicted molar refractivity (Wildman–Crippen MR) is 65.4 cm³/mol. The second-order valence-electron chi connectivity index (χ2n) is 3.64. The molecule has 0 saturated heterocycles. The van der Waals surface area contributed by atoms with E-state index in [1.54, 1.807) is 18.1 Å². The Morgan fingerprint density at radius 2 is 2.25 bits per heavy atom. The lowest BCUT2D eigenvalue weighted by atomic mass is 10.5. The highest BCUT2D eigenvalue weighted by Crippen LogP contribution is 2.23. The number of fused-ring (bicyclic) bond motifs is 1. The van der Waals surface area contributed by atoms with Crippen molar-refractivity contribution in [3.63, 3.8) is 0 Å². The first-order valence-electron chi connectivity index (χ1n) is 4.91. The van der Waals surface area contributed by atoms with Crippen LogP contribution in [-0.4, -0.2) is 51.2 Å². The average Bonchev–Trinajstić information content (AvgIpc) is 2.64. The number of nitrogens with zero attached hydrogens (tertiary/aromatic N) is 4. The van der Waals surface area contributed by atoms with Gasteiger partial charge in [-0.25, -0.2) is 9.97 Å². The molecule has 0 bridgehead atoms. The van der Waals surface area contributed by atoms with Crippen molar-refractivity contribution in [2.75, 3.05) is 32.1 Å². The third-order valence-corrected chi connectivity index (χ3v) is 3.00. The number of anilines is 1. The van der Waals surface area contributed by atoms with Crippen molar-refractivity contribution in [2.24, 2.45) is 0 Å². The fraction of sp³-hybridized carbons (Fsp3) is 0.444. The molecule has 16 heavy (non-hydrogen) atoms. The van der Waals surface area contributed by atoms with Crippen LogP contribution in [-0.2, 0) is 0 Å². The number of hydrogen-bond donors (Lipinski definition) is 2. The van der Waals surface area contributed by atoms with E-state index >= 15 is 0 Å². The van der Waals surface area contributed by atoms with Gasteiger partial charge in [0.15, 0.2) is 5.65 Å². The van der Waals surface area contributed by atoms with Crippen LogP contribution < -0.4 is 5.73 Å². The van der Waals surface area contributed by atoms with Crippen LogP contribution in [0.2, 0.25) is 0 Å². The number of aromatic nitrogens is 4. The Hall–Kier alpha value is -1.34. The highest BCUT2D eigenvalue weighted by atomic mass is 32.2. The number of nitrogen functional groups attached to an aromatic ring is 1. The Labute approximate surface area is 97.7 Å². The number of H-pyrrole nitrogens is 1. The van der Waals surface area contributed by atoms with Crippen LogP contribution in [0.5, 0.6) is 0 Å². The summed E-state index contributed by atoms with van der Waals surface area (Å²) < 4.78 is 0. The summed E-state index contributed by atoms with van der Waals surface area (Å²) in [5, 5.41) is 0.863. The average molecular weight is 238 g/mol. The molecule has 86 valence electrons. The van der Waals surface area contributed by atoms with Crippen LogP contribution >= 0.6 is 11.8 Å². The van der Waals surface area contributed by atoms with E-state index in [-0.39, 0.29) is 5.95 Å². The zero-order chi connectivity index (χ0) is 11.5. The van der Waals surface area contributed by atoms with Gasteiger partial charge in [0.05, 0.1) is 6.33 Å². The molecule has 7 heteroatoms. The van der Waals surface area contributed by atoms with Crippen molar-refractivity contribution >= 4 is 28.9 Å². The van der Waals surface area contributed by atoms with Crippen molar-refractivity contribution in [2.45, 2.75) is 5.03 Å². The standard InChI is InChI=1S/C9H14N6S/c1-15(2)3-4-16-8-6-7(12-5-11-6)13-9(10)14-8/h5H,3-4H2,1-2H3,(H3,10,11,12,13,14). The van der Waals surface area contributed by atoms with Gasteiger partial charge in [-0.3, -0.25) is 0 Å². The minimum absolute atomic E-state index is 0.270. The molecule has 0 atom stereocenters. The summed E-state index contributed by atoms with van der Waals surface area (Å²) in [5.74, 6) is 1.23. The molecule has 3 N–H and O–H groups in total. The van der Waals surface area contributed by atoms with Crippen LogP contribution in [0.4, 0.5) is 5.95 Å². The van der Waals surface area contributed by atoms with Gasteiger partial charge in [-0.1, -0.05) is 0 Å². The van der Waals surface area contributed by atoms with Gasteiger partial charge < -0.3 is 15.6 Å².